The van der Waals surface area contributed by atoms with Gasteiger partial charge in [0, 0.05) is 12.8 Å². The number of hydrogen-bond acceptors (Lipinski definition) is 11. The van der Waals surface area contributed by atoms with E-state index >= 15 is 0 Å². The van der Waals surface area contributed by atoms with Crippen LogP contribution in [0.4, 0.5) is 0 Å². The molecule has 66 heavy (non-hydrogen) atoms. The van der Waals surface area contributed by atoms with E-state index in [1.165, 1.54) is 19.3 Å². The number of aliphatic hydroxyl groups excluding tert-OH is 3. The van der Waals surface area contributed by atoms with Gasteiger partial charge in [0.2, 0.25) is 0 Å². The van der Waals surface area contributed by atoms with E-state index in [0.717, 1.165) is 109 Å². The van der Waals surface area contributed by atoms with Crippen molar-refractivity contribution < 1.29 is 56.8 Å². The molecule has 0 amide bonds. The van der Waals surface area contributed by atoms with Crippen molar-refractivity contribution in [3.05, 3.63) is 97.2 Å². The second kappa shape index (κ2) is 41.7. The number of esters is 2. The predicted octanol–water partition coefficient (Wildman–Crippen LogP) is 11.0. The maximum atomic E-state index is 12.9. The van der Waals surface area contributed by atoms with Gasteiger partial charge in [-0.25, -0.2) is 0 Å². The Morgan fingerprint density at radius 3 is 1.35 bits per heavy atom. The highest BCUT2D eigenvalue weighted by Gasteiger charge is 2.46. The van der Waals surface area contributed by atoms with Gasteiger partial charge in [0.25, 0.3) is 10.1 Å². The highest BCUT2D eigenvalue weighted by molar-refractivity contribution is 7.85. The van der Waals surface area contributed by atoms with Gasteiger partial charge in [0.1, 0.15) is 36.8 Å². The van der Waals surface area contributed by atoms with Crippen LogP contribution in [0.3, 0.4) is 0 Å². The fourth-order valence-electron chi connectivity index (χ4n) is 6.89. The molecule has 12 nitrogen and oxygen atoms in total. The summed E-state index contributed by atoms with van der Waals surface area (Å²) in [5, 5.41) is 31.0. The second-order valence-corrected chi connectivity index (χ2v) is 18.2. The third-order valence-corrected chi connectivity index (χ3v) is 11.4. The molecular formula is C53H86O12S. The summed E-state index contributed by atoms with van der Waals surface area (Å²) in [6.45, 7) is 3.51. The van der Waals surface area contributed by atoms with E-state index in [1.54, 1.807) is 0 Å². The third-order valence-electron chi connectivity index (χ3n) is 10.7. The third kappa shape index (κ3) is 35.7. The first-order valence-electron chi connectivity index (χ1n) is 24.8. The van der Waals surface area contributed by atoms with Crippen molar-refractivity contribution in [1.29, 1.82) is 0 Å². The lowest BCUT2D eigenvalue weighted by molar-refractivity contribution is -0.297. The Balaban J connectivity index is 2.42. The number of allylic oxidation sites excluding steroid dienone is 16. The fourth-order valence-corrected chi connectivity index (χ4v) is 7.58. The Labute approximate surface area is 398 Å². The van der Waals surface area contributed by atoms with E-state index in [4.69, 9.17) is 18.9 Å². The van der Waals surface area contributed by atoms with Crippen molar-refractivity contribution >= 4 is 22.1 Å². The van der Waals surface area contributed by atoms with Crippen LogP contribution >= 0.6 is 0 Å². The van der Waals surface area contributed by atoms with E-state index < -0.39 is 71.2 Å². The highest BCUT2D eigenvalue weighted by Crippen LogP contribution is 2.24. The van der Waals surface area contributed by atoms with Crippen LogP contribution in [0.15, 0.2) is 97.2 Å². The Morgan fingerprint density at radius 1 is 0.515 bits per heavy atom. The summed E-state index contributed by atoms with van der Waals surface area (Å²) in [5.74, 6) is -2.04. The summed E-state index contributed by atoms with van der Waals surface area (Å²) in [5.41, 5.74) is 0. The van der Waals surface area contributed by atoms with E-state index in [1.807, 2.05) is 0 Å². The van der Waals surface area contributed by atoms with Crippen LogP contribution in [0.1, 0.15) is 168 Å². The van der Waals surface area contributed by atoms with Gasteiger partial charge in [-0.15, -0.1) is 0 Å². The number of unbranched alkanes of at least 4 members (excludes halogenated alkanes) is 12. The zero-order valence-corrected chi connectivity index (χ0v) is 41.1. The molecule has 0 aromatic carbocycles. The quantitative estimate of drug-likeness (QED) is 0.0197. The van der Waals surface area contributed by atoms with Crippen LogP contribution in [-0.4, -0.2) is 96.0 Å². The number of ether oxygens (including phenoxy) is 4. The van der Waals surface area contributed by atoms with Crippen LogP contribution in [-0.2, 0) is 38.7 Å². The second-order valence-electron chi connectivity index (χ2n) is 16.7. The minimum absolute atomic E-state index is 0.143. The van der Waals surface area contributed by atoms with Crippen molar-refractivity contribution in [1.82, 2.24) is 0 Å². The maximum absolute atomic E-state index is 12.9. The number of carbonyl (C=O) groups is 2. The standard InChI is InChI=1S/C53H86O12S/c1-3-5-7-9-11-13-15-17-19-21-22-23-24-26-28-30-32-34-36-38-40-42-49(55)64-46(44-63-53-52(58)51(57)50(56)47(65-53)45-66(59,60)61)43-62-48(54)41-39-37-35-33-31-29-27-25-20-18-16-14-12-10-8-6-4-2/h5-8,11-14,17-20,22-23,27,29,46-47,50-53,56-58H,3-4,9-10,15-16,21,24-26,28,30-45H2,1-2H3,(H,59,60,61)/b7-5-,8-6-,13-11-,14-12-,19-17-,20-18-,23-22-,29-27-. The molecule has 1 heterocycles. The van der Waals surface area contributed by atoms with Crippen molar-refractivity contribution in [3.63, 3.8) is 0 Å². The van der Waals surface area contributed by atoms with Crippen LogP contribution in [0.2, 0.25) is 0 Å². The van der Waals surface area contributed by atoms with Crippen molar-refractivity contribution in [2.24, 2.45) is 0 Å². The molecule has 0 spiro atoms. The van der Waals surface area contributed by atoms with Crippen molar-refractivity contribution in [3.8, 4) is 0 Å². The monoisotopic (exact) mass is 947 g/mol. The summed E-state index contributed by atoms with van der Waals surface area (Å²) in [6, 6.07) is 0. The van der Waals surface area contributed by atoms with Gasteiger partial charge in [-0.05, 0) is 89.9 Å². The van der Waals surface area contributed by atoms with E-state index in [2.05, 4.69) is 111 Å². The number of aliphatic hydroxyl groups is 3. The number of hydrogen-bond donors (Lipinski definition) is 4. The van der Waals surface area contributed by atoms with Gasteiger partial charge in [-0.1, -0.05) is 162 Å². The molecule has 0 saturated carbocycles. The lowest BCUT2D eigenvalue weighted by Crippen LogP contribution is -2.60. The summed E-state index contributed by atoms with van der Waals surface area (Å²) >= 11 is 0. The molecule has 13 heteroatoms. The predicted molar refractivity (Wildman–Crippen MR) is 265 cm³/mol. The molecule has 1 rings (SSSR count). The molecule has 0 aromatic rings. The van der Waals surface area contributed by atoms with Crippen molar-refractivity contribution in [2.75, 3.05) is 19.0 Å². The zero-order chi connectivity index (χ0) is 48.4. The molecule has 1 saturated heterocycles. The molecule has 376 valence electrons. The van der Waals surface area contributed by atoms with Gasteiger partial charge < -0.3 is 34.3 Å². The minimum Gasteiger partial charge on any atom is -0.462 e. The molecule has 1 aliphatic heterocycles. The molecule has 0 bridgehead atoms. The van der Waals surface area contributed by atoms with Gasteiger partial charge in [-0.2, -0.15) is 8.42 Å². The van der Waals surface area contributed by atoms with Crippen molar-refractivity contribution in [2.45, 2.75) is 205 Å². The fraction of sp³-hybridized carbons (Fsp3) is 0.660. The summed E-state index contributed by atoms with van der Waals surface area (Å²) in [7, 11) is -4.61. The molecule has 0 radical (unpaired) electrons. The Morgan fingerprint density at radius 2 is 0.909 bits per heavy atom. The highest BCUT2D eigenvalue weighted by atomic mass is 32.2. The average molecular weight is 947 g/mol. The van der Waals surface area contributed by atoms with Gasteiger partial charge >= 0.3 is 11.9 Å². The van der Waals surface area contributed by atoms with Crippen LogP contribution in [0, 0.1) is 0 Å². The lowest BCUT2D eigenvalue weighted by atomic mass is 10.00. The van der Waals surface area contributed by atoms with E-state index in [-0.39, 0.29) is 19.4 Å². The normalized spacial score (nSPS) is 20.2. The van der Waals surface area contributed by atoms with Crippen LogP contribution in [0.5, 0.6) is 0 Å². The first-order valence-corrected chi connectivity index (χ1v) is 26.4. The molecule has 4 N–H and O–H groups in total. The zero-order valence-electron chi connectivity index (χ0n) is 40.3. The largest absolute Gasteiger partial charge is 0.462 e. The first-order chi connectivity index (χ1) is 32.0. The first kappa shape index (κ1) is 60.6. The average Bonchev–Trinajstić information content (AvgIpc) is 3.28. The minimum atomic E-state index is -4.61. The Bertz CT molecular complexity index is 1580. The molecule has 0 aliphatic carbocycles. The lowest BCUT2D eigenvalue weighted by Gasteiger charge is -2.40. The smallest absolute Gasteiger partial charge is 0.306 e. The maximum Gasteiger partial charge on any atom is 0.306 e. The topological polar surface area (TPSA) is 186 Å². The SMILES string of the molecule is CC/C=C\C/C=C\C/C=C\C/C=C\CCCCCCCCCCC(=O)OC(COC(=O)CCCCCC/C=C\C/C=C\C/C=C\C/C=C\CC)COC1OC(CS(=O)(=O)O)C(O)C(O)C1O. The van der Waals surface area contributed by atoms with Gasteiger partial charge in [0.05, 0.1) is 6.61 Å². The Kier molecular flexibility index (Phi) is 38.3. The Hall–Kier alpha value is -3.43. The molecule has 1 aliphatic rings. The van der Waals surface area contributed by atoms with Gasteiger partial charge in [0.15, 0.2) is 12.4 Å². The van der Waals surface area contributed by atoms with Crippen LogP contribution < -0.4 is 0 Å². The summed E-state index contributed by atoms with van der Waals surface area (Å²) in [4.78, 5) is 25.5. The summed E-state index contributed by atoms with van der Waals surface area (Å²) in [6.07, 6.45) is 47.2. The molecule has 0 aromatic heterocycles. The number of carbonyl (C=O) groups excluding carboxylic acids is 2. The molecule has 1 fully saturated rings. The van der Waals surface area contributed by atoms with Crippen LogP contribution in [0.25, 0.3) is 0 Å². The molecule has 6 atom stereocenters. The molecule has 6 unspecified atom stereocenters. The number of rotatable bonds is 40. The van der Waals surface area contributed by atoms with E-state index in [0.29, 0.717) is 12.8 Å². The van der Waals surface area contributed by atoms with Gasteiger partial charge in [-0.3, -0.25) is 14.1 Å². The van der Waals surface area contributed by atoms with E-state index in [9.17, 15) is 37.9 Å². The summed E-state index contributed by atoms with van der Waals surface area (Å²) < 4.78 is 54.2. The molecular weight excluding hydrogens is 861 g/mol.